The van der Waals surface area contributed by atoms with E-state index in [4.69, 9.17) is 39.9 Å². The molecule has 0 saturated heterocycles. The largest absolute Gasteiger partial charge is 0.299 e. The van der Waals surface area contributed by atoms with Gasteiger partial charge in [-0.3, -0.25) is 27.3 Å². The van der Waals surface area contributed by atoms with Gasteiger partial charge in [0.2, 0.25) is 0 Å². The number of rotatable bonds is 0. The SMILES string of the molecule is O=S(O)O.O=S(O)O.O=S(O)O.[Gd].[Gd]. The Labute approximate surface area is 151 Å². The van der Waals surface area contributed by atoms with Crippen LogP contribution < -0.4 is 0 Å². The summed E-state index contributed by atoms with van der Waals surface area (Å²) in [5.41, 5.74) is 0. The van der Waals surface area contributed by atoms with Crippen molar-refractivity contribution in [3.05, 3.63) is 0 Å². The first-order valence-electron chi connectivity index (χ1n) is 1.60. The summed E-state index contributed by atoms with van der Waals surface area (Å²) >= 11 is -7.83. The summed E-state index contributed by atoms with van der Waals surface area (Å²) in [6, 6.07) is 0. The minimum Gasteiger partial charge on any atom is -0.284 e. The van der Waals surface area contributed by atoms with Crippen LogP contribution in [-0.2, 0) is 34.1 Å². The maximum Gasteiger partial charge on any atom is 0.299 e. The second-order valence-electron chi connectivity index (χ2n) is 0.692. The van der Waals surface area contributed by atoms with Crippen LogP contribution >= 0.6 is 0 Å². The summed E-state index contributed by atoms with van der Waals surface area (Å²) in [6.45, 7) is 0. The Balaban J connectivity index is -0.0000000270. The van der Waals surface area contributed by atoms with Crippen LogP contribution in [0.3, 0.4) is 0 Å². The molecule has 0 aromatic heterocycles. The van der Waals surface area contributed by atoms with Crippen LogP contribution in [0.4, 0.5) is 0 Å². The van der Waals surface area contributed by atoms with Gasteiger partial charge >= 0.3 is 0 Å². The first-order valence-corrected chi connectivity index (χ1v) is 4.79. The van der Waals surface area contributed by atoms with Gasteiger partial charge in [-0.15, -0.1) is 0 Å². The molecule has 9 nitrogen and oxygen atoms in total. The van der Waals surface area contributed by atoms with Gasteiger partial charge < -0.3 is 0 Å². The Bertz CT molecular complexity index is 116. The molecule has 0 aliphatic rings. The van der Waals surface area contributed by atoms with Crippen molar-refractivity contribution in [2.45, 2.75) is 0 Å². The molecule has 0 aromatic rings. The van der Waals surface area contributed by atoms with E-state index in [2.05, 4.69) is 0 Å². The monoisotopic (exact) mass is 562 g/mol. The maximum atomic E-state index is 8.67. The zero-order chi connectivity index (χ0) is 10.7. The van der Waals surface area contributed by atoms with E-state index in [9.17, 15) is 0 Å². The molecule has 0 aromatic carbocycles. The van der Waals surface area contributed by atoms with Gasteiger partial charge in [-0.2, -0.15) is 12.6 Å². The van der Waals surface area contributed by atoms with Crippen molar-refractivity contribution in [1.82, 2.24) is 0 Å². The summed E-state index contributed by atoms with van der Waals surface area (Å²) in [6.07, 6.45) is 0. The van der Waals surface area contributed by atoms with Crippen LogP contribution in [0.1, 0.15) is 0 Å². The summed E-state index contributed by atoms with van der Waals surface area (Å²) in [4.78, 5) is 0. The van der Waals surface area contributed by atoms with Crippen LogP contribution in [0.5, 0.6) is 0 Å². The topological polar surface area (TPSA) is 173 Å². The predicted octanol–water partition coefficient (Wildman–Crippen LogP) is -0.957. The van der Waals surface area contributed by atoms with E-state index < -0.39 is 34.1 Å². The molecule has 6 N–H and O–H groups in total. The molecule has 14 heavy (non-hydrogen) atoms. The molecule has 0 saturated carbocycles. The number of hydrogen-bond acceptors (Lipinski definition) is 3. The molecule has 0 heterocycles. The molecule has 0 spiro atoms. The third kappa shape index (κ3) is 349. The molecule has 0 fully saturated rings. The molecule has 0 unspecified atom stereocenters. The van der Waals surface area contributed by atoms with Crippen molar-refractivity contribution in [3.63, 3.8) is 0 Å². The third-order valence-corrected chi connectivity index (χ3v) is 0. The summed E-state index contributed by atoms with van der Waals surface area (Å²) < 4.78 is 68.5. The molecule has 0 bridgehead atoms. The Hall–Kier alpha value is 2.86. The zero-order valence-corrected chi connectivity index (χ0v) is 12.8. The van der Waals surface area contributed by atoms with Gasteiger partial charge in [-0.1, -0.05) is 0 Å². The molecule has 0 radical (unpaired) electrons. The van der Waals surface area contributed by atoms with E-state index in [0.29, 0.717) is 0 Å². The number of hydrogen-bond donors (Lipinski definition) is 6. The van der Waals surface area contributed by atoms with Gasteiger partial charge in [0.05, 0.1) is 0 Å². The van der Waals surface area contributed by atoms with Gasteiger partial charge in [0.25, 0.3) is 34.1 Å². The molecular weight excluding hydrogens is 555 g/mol. The summed E-state index contributed by atoms with van der Waals surface area (Å²) in [7, 11) is 0. The van der Waals surface area contributed by atoms with Gasteiger partial charge in [0, 0.05) is 79.9 Å². The standard InChI is InChI=1S/2Gd.3H2O3S/c;;3*1-4(2)3/h;;3*(H2,1,2,3). The maximum absolute atomic E-state index is 8.67. The quantitative estimate of drug-likeness (QED) is 0.204. The van der Waals surface area contributed by atoms with Crippen LogP contribution in [0.15, 0.2) is 0 Å². The molecule has 14 heteroatoms. The Morgan fingerprint density at radius 2 is 0.500 bits per heavy atom. The van der Waals surface area contributed by atoms with Gasteiger partial charge in [0.15, 0.2) is 0 Å². The van der Waals surface area contributed by atoms with E-state index in [1.807, 2.05) is 0 Å². The normalized spacial score (nSPS) is 7.50. The fourth-order valence-corrected chi connectivity index (χ4v) is 0. The first kappa shape index (κ1) is 30.2. The van der Waals surface area contributed by atoms with E-state index in [1.165, 1.54) is 0 Å². The smallest absolute Gasteiger partial charge is 0.284 e. The fraction of sp³-hybridized carbons (Fsp3) is 0. The molecular formula is H6Gd2O9S3. The van der Waals surface area contributed by atoms with Crippen LogP contribution in [-0.4, -0.2) is 39.9 Å². The van der Waals surface area contributed by atoms with E-state index in [-0.39, 0.29) is 79.9 Å². The van der Waals surface area contributed by atoms with Gasteiger partial charge in [-0.05, 0) is 0 Å². The van der Waals surface area contributed by atoms with E-state index in [1.54, 1.807) is 0 Å². The Kier molecular flexibility index (Phi) is 53.6. The van der Waals surface area contributed by atoms with Crippen molar-refractivity contribution in [2.24, 2.45) is 0 Å². The van der Waals surface area contributed by atoms with Crippen LogP contribution in [0.2, 0.25) is 0 Å². The molecule has 0 atom stereocenters. The van der Waals surface area contributed by atoms with E-state index in [0.717, 1.165) is 0 Å². The Morgan fingerprint density at radius 1 is 0.500 bits per heavy atom. The van der Waals surface area contributed by atoms with Gasteiger partial charge in [-0.25, -0.2) is 0 Å². The van der Waals surface area contributed by atoms with Crippen LogP contribution in [0.25, 0.3) is 0 Å². The molecule has 0 aliphatic heterocycles. The van der Waals surface area contributed by atoms with Crippen molar-refractivity contribution >= 4 is 34.1 Å². The van der Waals surface area contributed by atoms with Crippen molar-refractivity contribution in [1.29, 1.82) is 0 Å². The predicted molar refractivity (Wildman–Crippen MR) is 40.2 cm³/mol. The Morgan fingerprint density at radius 3 is 0.500 bits per heavy atom. The fourth-order valence-electron chi connectivity index (χ4n) is 0. The molecule has 94 valence electrons. The second kappa shape index (κ2) is 24.9. The molecule has 0 amide bonds. The molecule has 0 aliphatic carbocycles. The van der Waals surface area contributed by atoms with Crippen molar-refractivity contribution in [2.75, 3.05) is 0 Å². The summed E-state index contributed by atoms with van der Waals surface area (Å²) in [5.74, 6) is 0. The summed E-state index contributed by atoms with van der Waals surface area (Å²) in [5, 5.41) is 0. The minimum absolute atomic E-state index is 0. The minimum atomic E-state index is -2.61. The zero-order valence-electron chi connectivity index (χ0n) is 5.84. The second-order valence-corrected chi connectivity index (χ2v) is 2.08. The molecule has 0 rings (SSSR count). The van der Waals surface area contributed by atoms with Gasteiger partial charge in [0.1, 0.15) is 0 Å². The van der Waals surface area contributed by atoms with Crippen LogP contribution in [0, 0.1) is 79.9 Å². The van der Waals surface area contributed by atoms with E-state index >= 15 is 0 Å². The van der Waals surface area contributed by atoms with Crippen molar-refractivity contribution in [3.8, 4) is 0 Å². The first-order chi connectivity index (χ1) is 5.20. The average molecular weight is 561 g/mol. The average Bonchev–Trinajstić information content (AvgIpc) is 1.54. The third-order valence-electron chi connectivity index (χ3n) is 0. The van der Waals surface area contributed by atoms with Crippen molar-refractivity contribution < 1.29 is 120 Å².